The zero-order valence-electron chi connectivity index (χ0n) is 14.0. The third-order valence-corrected chi connectivity index (χ3v) is 3.63. The van der Waals surface area contributed by atoms with E-state index in [0.29, 0.717) is 16.9 Å². The predicted molar refractivity (Wildman–Crippen MR) is 88.2 cm³/mol. The van der Waals surface area contributed by atoms with Gasteiger partial charge < -0.3 is 10.1 Å². The fraction of sp³-hybridized carbons (Fsp3) is 0.111. The van der Waals surface area contributed by atoms with Crippen molar-refractivity contribution in [2.24, 2.45) is 7.05 Å². The lowest BCUT2D eigenvalue weighted by Gasteiger charge is -2.10. The van der Waals surface area contributed by atoms with E-state index in [-0.39, 0.29) is 12.7 Å². The topological polar surface area (TPSA) is 56.2 Å². The number of halogens is 4. The quantitative estimate of drug-likeness (QED) is 0.542. The molecular weight excluding hydrogens is 366 g/mol. The van der Waals surface area contributed by atoms with Crippen LogP contribution in [0.15, 0.2) is 42.6 Å². The Labute approximate surface area is 151 Å². The molecule has 0 aliphatic rings. The summed E-state index contributed by atoms with van der Waals surface area (Å²) in [5.41, 5.74) is 0.756. The molecule has 27 heavy (non-hydrogen) atoms. The smallest absolute Gasteiger partial charge is 0.256 e. The molecule has 0 unspecified atom stereocenters. The number of hydrogen-bond acceptors (Lipinski definition) is 3. The maximum absolute atomic E-state index is 13.6. The molecule has 1 amide bonds. The van der Waals surface area contributed by atoms with E-state index < -0.39 is 34.9 Å². The van der Waals surface area contributed by atoms with Crippen LogP contribution in [0, 0.1) is 23.3 Å². The van der Waals surface area contributed by atoms with Gasteiger partial charge in [-0.1, -0.05) is 12.1 Å². The molecule has 5 nitrogen and oxygen atoms in total. The van der Waals surface area contributed by atoms with Crippen LogP contribution >= 0.6 is 0 Å². The number of aryl methyl sites for hydroxylation is 1. The largest absolute Gasteiger partial charge is 0.483 e. The first kappa shape index (κ1) is 18.4. The Kier molecular flexibility index (Phi) is 5.11. The Morgan fingerprint density at radius 1 is 1.07 bits per heavy atom. The van der Waals surface area contributed by atoms with Crippen molar-refractivity contribution in [1.29, 1.82) is 0 Å². The molecule has 0 aliphatic carbocycles. The molecule has 3 aromatic rings. The van der Waals surface area contributed by atoms with Crippen molar-refractivity contribution in [2.45, 2.75) is 6.61 Å². The van der Waals surface area contributed by atoms with E-state index in [4.69, 9.17) is 4.74 Å². The minimum absolute atomic E-state index is 0.104. The summed E-state index contributed by atoms with van der Waals surface area (Å²) in [6.07, 6.45) is 1.67. The van der Waals surface area contributed by atoms with Gasteiger partial charge in [0.05, 0.1) is 0 Å². The fourth-order valence-electron chi connectivity index (χ4n) is 2.26. The molecule has 0 fully saturated rings. The van der Waals surface area contributed by atoms with Crippen LogP contribution < -0.4 is 10.1 Å². The first-order chi connectivity index (χ1) is 12.8. The van der Waals surface area contributed by atoms with Gasteiger partial charge in [-0.2, -0.15) is 13.9 Å². The second-order valence-corrected chi connectivity index (χ2v) is 5.61. The highest BCUT2D eigenvalue weighted by Crippen LogP contribution is 2.27. The molecule has 0 saturated heterocycles. The van der Waals surface area contributed by atoms with Gasteiger partial charge >= 0.3 is 0 Å². The van der Waals surface area contributed by atoms with Gasteiger partial charge in [0.1, 0.15) is 6.61 Å². The Hall–Kier alpha value is -3.36. The molecule has 0 atom stereocenters. The van der Waals surface area contributed by atoms with E-state index in [1.807, 2.05) is 0 Å². The molecule has 1 aromatic heterocycles. The monoisotopic (exact) mass is 379 g/mol. The van der Waals surface area contributed by atoms with E-state index in [0.717, 1.165) is 0 Å². The first-order valence-corrected chi connectivity index (χ1v) is 7.71. The van der Waals surface area contributed by atoms with Crippen LogP contribution in [0.2, 0.25) is 0 Å². The Morgan fingerprint density at radius 3 is 2.26 bits per heavy atom. The number of nitrogens with one attached hydrogen (secondary N) is 1. The van der Waals surface area contributed by atoms with Crippen LogP contribution in [0.25, 0.3) is 0 Å². The molecule has 1 N–H and O–H groups in total. The zero-order valence-corrected chi connectivity index (χ0v) is 14.0. The maximum atomic E-state index is 13.6. The van der Waals surface area contributed by atoms with Crippen molar-refractivity contribution >= 4 is 11.7 Å². The summed E-state index contributed by atoms with van der Waals surface area (Å²) in [6.45, 7) is -0.348. The summed E-state index contributed by atoms with van der Waals surface area (Å²) in [7, 11) is 1.71. The highest BCUT2D eigenvalue weighted by molar-refractivity contribution is 6.03. The van der Waals surface area contributed by atoms with Crippen molar-refractivity contribution in [1.82, 2.24) is 9.78 Å². The third-order valence-electron chi connectivity index (χ3n) is 3.63. The molecule has 0 aliphatic heterocycles. The van der Waals surface area contributed by atoms with Crippen molar-refractivity contribution in [2.75, 3.05) is 5.32 Å². The number of rotatable bonds is 5. The van der Waals surface area contributed by atoms with Crippen LogP contribution in [0.5, 0.6) is 5.75 Å². The summed E-state index contributed by atoms with van der Waals surface area (Å²) >= 11 is 0. The summed E-state index contributed by atoms with van der Waals surface area (Å²) in [4.78, 5) is 12.1. The Morgan fingerprint density at radius 2 is 1.70 bits per heavy atom. The number of carbonyl (C=O) groups excluding carboxylic acids is 1. The highest BCUT2D eigenvalue weighted by atomic mass is 19.2. The van der Waals surface area contributed by atoms with Gasteiger partial charge in [-0.15, -0.1) is 0 Å². The maximum Gasteiger partial charge on any atom is 0.256 e. The fourth-order valence-corrected chi connectivity index (χ4v) is 2.26. The van der Waals surface area contributed by atoms with Crippen LogP contribution in [-0.4, -0.2) is 15.7 Å². The van der Waals surface area contributed by atoms with E-state index in [1.54, 1.807) is 19.3 Å². The number of benzene rings is 2. The van der Waals surface area contributed by atoms with Gasteiger partial charge in [0.15, 0.2) is 23.2 Å². The van der Waals surface area contributed by atoms with Gasteiger partial charge in [0.25, 0.3) is 5.91 Å². The van der Waals surface area contributed by atoms with Gasteiger partial charge in [-0.05, 0) is 17.7 Å². The summed E-state index contributed by atoms with van der Waals surface area (Å²) in [5, 5.41) is 6.62. The van der Waals surface area contributed by atoms with Crippen LogP contribution in [0.1, 0.15) is 15.9 Å². The Balaban J connectivity index is 1.67. The molecule has 9 heteroatoms. The van der Waals surface area contributed by atoms with Crippen LogP contribution in [0.4, 0.5) is 23.4 Å². The highest BCUT2D eigenvalue weighted by Gasteiger charge is 2.20. The second kappa shape index (κ2) is 7.48. The lowest BCUT2D eigenvalue weighted by Crippen LogP contribution is -2.12. The normalized spacial score (nSPS) is 10.7. The molecule has 0 bridgehead atoms. The van der Waals surface area contributed by atoms with E-state index >= 15 is 0 Å². The number of anilines is 1. The number of amides is 1. The lowest BCUT2D eigenvalue weighted by molar-refractivity contribution is 0.102. The van der Waals surface area contributed by atoms with Crippen molar-refractivity contribution in [3.63, 3.8) is 0 Å². The predicted octanol–water partition coefficient (Wildman–Crippen LogP) is 3.81. The Bertz CT molecular complexity index is 961. The minimum atomic E-state index is -1.61. The first-order valence-electron chi connectivity index (χ1n) is 7.71. The molecule has 0 saturated carbocycles. The molecule has 1 heterocycles. The third kappa shape index (κ3) is 4.08. The molecule has 0 spiro atoms. The summed E-state index contributed by atoms with van der Waals surface area (Å²) < 4.78 is 59.8. The second-order valence-electron chi connectivity index (χ2n) is 5.61. The molecule has 140 valence electrons. The van der Waals surface area contributed by atoms with Gasteiger partial charge in [-0.25, -0.2) is 8.78 Å². The number of nitrogens with zero attached hydrogens (tertiary/aromatic N) is 2. The lowest BCUT2D eigenvalue weighted by atomic mass is 10.1. The molecular formula is C18H13F4N3O2. The number of carbonyl (C=O) groups is 1. The minimum Gasteiger partial charge on any atom is -0.483 e. The van der Waals surface area contributed by atoms with Gasteiger partial charge in [0, 0.05) is 30.9 Å². The SMILES string of the molecule is Cn1ccc(NC(=O)c2ccc(COc3c(F)c(F)cc(F)c3F)cc2)n1. The number of hydrogen-bond donors (Lipinski definition) is 1. The summed E-state index contributed by atoms with van der Waals surface area (Å²) in [6, 6.07) is 7.64. The average Bonchev–Trinajstić information content (AvgIpc) is 3.05. The van der Waals surface area contributed by atoms with E-state index in [1.165, 1.54) is 28.9 Å². The molecule has 2 aromatic carbocycles. The van der Waals surface area contributed by atoms with E-state index in [9.17, 15) is 22.4 Å². The van der Waals surface area contributed by atoms with Crippen LogP contribution in [-0.2, 0) is 13.7 Å². The van der Waals surface area contributed by atoms with E-state index in [2.05, 4.69) is 10.4 Å². The van der Waals surface area contributed by atoms with Crippen molar-refractivity contribution in [3.8, 4) is 5.75 Å². The van der Waals surface area contributed by atoms with Crippen molar-refractivity contribution < 1.29 is 27.1 Å². The zero-order chi connectivity index (χ0) is 19.6. The molecule has 3 rings (SSSR count). The molecule has 0 radical (unpaired) electrons. The summed E-state index contributed by atoms with van der Waals surface area (Å²) in [5.74, 6) is -7.47. The number of aromatic nitrogens is 2. The van der Waals surface area contributed by atoms with Gasteiger partial charge in [0.2, 0.25) is 11.6 Å². The van der Waals surface area contributed by atoms with Crippen molar-refractivity contribution in [3.05, 3.63) is 77.0 Å². The standard InChI is InChI=1S/C18H13F4N3O2/c1-25-7-6-14(24-25)23-18(26)11-4-2-10(3-5-11)9-27-17-15(21)12(19)8-13(20)16(17)22/h2-8H,9H2,1H3,(H,23,24,26). The number of ether oxygens (including phenoxy) is 1. The average molecular weight is 379 g/mol. The van der Waals surface area contributed by atoms with Gasteiger partial charge in [-0.3, -0.25) is 9.48 Å². The van der Waals surface area contributed by atoms with Crippen LogP contribution in [0.3, 0.4) is 0 Å².